The summed E-state index contributed by atoms with van der Waals surface area (Å²) in [6.07, 6.45) is 23.9. The molecule has 1 fully saturated rings. The molecular formula is C31H55NO5. The van der Waals surface area contributed by atoms with E-state index in [1.165, 1.54) is 38.5 Å². The van der Waals surface area contributed by atoms with Crippen LogP contribution in [-0.4, -0.2) is 57.0 Å². The summed E-state index contributed by atoms with van der Waals surface area (Å²) in [6, 6.07) is 0. The van der Waals surface area contributed by atoms with Crippen molar-refractivity contribution in [2.45, 2.75) is 111 Å². The van der Waals surface area contributed by atoms with Gasteiger partial charge >= 0.3 is 12.1 Å². The summed E-state index contributed by atoms with van der Waals surface area (Å²) in [5.74, 6) is -0.230. The van der Waals surface area contributed by atoms with Crippen molar-refractivity contribution in [3.63, 3.8) is 0 Å². The van der Waals surface area contributed by atoms with Gasteiger partial charge in [0.1, 0.15) is 13.2 Å². The topological polar surface area (TPSA) is 65.1 Å². The Labute approximate surface area is 227 Å². The largest absolute Gasteiger partial charge is 0.508 e. The van der Waals surface area contributed by atoms with Crippen LogP contribution in [0.2, 0.25) is 0 Å². The molecule has 0 N–H and O–H groups in total. The number of rotatable bonds is 20. The molecule has 1 rings (SSSR count). The molecule has 0 aromatic rings. The minimum Gasteiger partial charge on any atom is -0.465 e. The summed E-state index contributed by atoms with van der Waals surface area (Å²) in [6.45, 7) is 9.10. The second-order valence-electron chi connectivity index (χ2n) is 11.3. The number of unbranched alkanes of at least 4 members (excludes halogenated alkanes) is 8. The lowest BCUT2D eigenvalue weighted by molar-refractivity contribution is -0.145. The Morgan fingerprint density at radius 3 is 2.24 bits per heavy atom. The molecule has 214 valence electrons. The molecule has 1 saturated heterocycles. The molecule has 0 radical (unpaired) electrons. The predicted octanol–water partition coefficient (Wildman–Crippen LogP) is 7.86. The number of hydrogen-bond donors (Lipinski definition) is 0. The molecule has 0 bridgehead atoms. The molecule has 0 saturated carbocycles. The zero-order valence-electron chi connectivity index (χ0n) is 24.3. The quantitative estimate of drug-likeness (QED) is 0.0923. The molecule has 0 aromatic carbocycles. The van der Waals surface area contributed by atoms with Gasteiger partial charge in [-0.2, -0.15) is 0 Å². The Kier molecular flexibility index (Phi) is 19.0. The van der Waals surface area contributed by atoms with Gasteiger partial charge in [-0.3, -0.25) is 4.79 Å². The Morgan fingerprint density at radius 2 is 1.54 bits per heavy atom. The highest BCUT2D eigenvalue weighted by Gasteiger charge is 2.31. The summed E-state index contributed by atoms with van der Waals surface area (Å²) in [7, 11) is 2.09. The first-order chi connectivity index (χ1) is 17.8. The lowest BCUT2D eigenvalue weighted by atomic mass is 9.83. The number of carbonyl (C=O) groups is 2. The van der Waals surface area contributed by atoms with Crippen molar-refractivity contribution in [3.05, 3.63) is 24.3 Å². The van der Waals surface area contributed by atoms with E-state index >= 15 is 0 Å². The number of nitrogens with zero attached hydrogens (tertiary/aromatic N) is 1. The normalized spacial score (nSPS) is 19.4. The SMILES string of the molecule is CCCCC/C=C\C/C=C\CCCCCCCC(=O)OCC(C)COC(=O)OCC1(C)CCCN(C)C1. The van der Waals surface area contributed by atoms with Crippen LogP contribution in [0.5, 0.6) is 0 Å². The Balaban J connectivity index is 1.94. The van der Waals surface area contributed by atoms with Crippen LogP contribution in [0, 0.1) is 11.3 Å². The fourth-order valence-electron chi connectivity index (χ4n) is 4.62. The maximum atomic E-state index is 12.0. The summed E-state index contributed by atoms with van der Waals surface area (Å²) in [4.78, 5) is 26.2. The van der Waals surface area contributed by atoms with Crippen LogP contribution in [-0.2, 0) is 19.0 Å². The highest BCUT2D eigenvalue weighted by molar-refractivity contribution is 5.69. The standard InChI is InChI=1S/C31H55NO5/c1-5-6-7-8-9-10-11-12-13-14-15-16-17-18-19-21-29(33)35-24-28(2)25-36-30(34)37-27-31(3)22-20-23-32(4)26-31/h9-10,12-13,28H,5-8,11,14-27H2,1-4H3/b10-9-,13-12-. The average Bonchev–Trinajstić information content (AvgIpc) is 2.87. The number of piperidine rings is 1. The number of likely N-dealkylation sites (tertiary alicyclic amines) is 1. The first-order valence-corrected chi connectivity index (χ1v) is 14.8. The number of ether oxygens (including phenoxy) is 3. The van der Waals surface area contributed by atoms with Crippen LogP contribution in [0.15, 0.2) is 24.3 Å². The number of allylic oxidation sites excluding steroid dienone is 4. The molecule has 1 aliphatic rings. The van der Waals surface area contributed by atoms with Crippen molar-refractivity contribution in [2.75, 3.05) is 40.0 Å². The third kappa shape index (κ3) is 19.0. The Bertz CT molecular complexity index is 662. The maximum Gasteiger partial charge on any atom is 0.508 e. The Morgan fingerprint density at radius 1 is 0.892 bits per heavy atom. The zero-order valence-corrected chi connectivity index (χ0v) is 24.3. The highest BCUT2D eigenvalue weighted by Crippen LogP contribution is 2.29. The van der Waals surface area contributed by atoms with Crippen LogP contribution in [0.1, 0.15) is 111 Å². The van der Waals surface area contributed by atoms with E-state index in [1.807, 2.05) is 6.92 Å². The second kappa shape index (κ2) is 21.2. The lowest BCUT2D eigenvalue weighted by Gasteiger charge is -2.38. The van der Waals surface area contributed by atoms with Gasteiger partial charge in [-0.1, -0.05) is 77.2 Å². The first kappa shape index (κ1) is 33.2. The van der Waals surface area contributed by atoms with E-state index in [-0.39, 0.29) is 30.5 Å². The van der Waals surface area contributed by atoms with E-state index in [0.29, 0.717) is 13.0 Å². The molecule has 1 heterocycles. The number of hydrogen-bond acceptors (Lipinski definition) is 6. The average molecular weight is 522 g/mol. The second-order valence-corrected chi connectivity index (χ2v) is 11.3. The van der Waals surface area contributed by atoms with Gasteiger partial charge in [0.15, 0.2) is 0 Å². The number of esters is 1. The van der Waals surface area contributed by atoms with Gasteiger partial charge in [0.05, 0.1) is 6.61 Å². The molecule has 37 heavy (non-hydrogen) atoms. The monoisotopic (exact) mass is 521 g/mol. The maximum absolute atomic E-state index is 12.0. The summed E-state index contributed by atoms with van der Waals surface area (Å²) in [5.41, 5.74) is -0.0189. The van der Waals surface area contributed by atoms with Gasteiger partial charge in [-0.05, 0) is 65.0 Å². The number of carbonyl (C=O) groups excluding carboxylic acids is 2. The molecule has 0 aliphatic carbocycles. The first-order valence-electron chi connectivity index (χ1n) is 14.8. The van der Waals surface area contributed by atoms with Gasteiger partial charge in [0, 0.05) is 24.3 Å². The van der Waals surface area contributed by atoms with Crippen molar-refractivity contribution >= 4 is 12.1 Å². The fourth-order valence-corrected chi connectivity index (χ4v) is 4.62. The molecule has 0 spiro atoms. The third-order valence-electron chi connectivity index (χ3n) is 6.86. The van der Waals surface area contributed by atoms with Crippen molar-refractivity contribution in [3.8, 4) is 0 Å². The fraction of sp³-hybridized carbons (Fsp3) is 0.806. The minimum absolute atomic E-state index is 0.0189. The van der Waals surface area contributed by atoms with E-state index in [9.17, 15) is 9.59 Å². The van der Waals surface area contributed by atoms with Gasteiger partial charge in [-0.15, -0.1) is 0 Å². The minimum atomic E-state index is -0.641. The predicted molar refractivity (Wildman–Crippen MR) is 152 cm³/mol. The Hall–Kier alpha value is -1.82. The molecule has 6 nitrogen and oxygen atoms in total. The van der Waals surface area contributed by atoms with Crippen LogP contribution in [0.4, 0.5) is 4.79 Å². The van der Waals surface area contributed by atoms with E-state index in [1.54, 1.807) is 0 Å². The van der Waals surface area contributed by atoms with Crippen molar-refractivity contribution in [1.29, 1.82) is 0 Å². The van der Waals surface area contributed by atoms with Crippen molar-refractivity contribution < 1.29 is 23.8 Å². The van der Waals surface area contributed by atoms with Gasteiger partial charge in [0.2, 0.25) is 0 Å². The summed E-state index contributed by atoms with van der Waals surface area (Å²) in [5, 5.41) is 0. The van der Waals surface area contributed by atoms with Crippen molar-refractivity contribution in [2.24, 2.45) is 11.3 Å². The molecule has 1 aliphatic heterocycles. The van der Waals surface area contributed by atoms with E-state index in [4.69, 9.17) is 14.2 Å². The highest BCUT2D eigenvalue weighted by atomic mass is 16.7. The van der Waals surface area contributed by atoms with Crippen LogP contribution in [0.3, 0.4) is 0 Å². The summed E-state index contributed by atoms with van der Waals surface area (Å²) < 4.78 is 15.9. The van der Waals surface area contributed by atoms with Gasteiger partial charge in [-0.25, -0.2) is 4.79 Å². The zero-order chi connectivity index (χ0) is 27.2. The third-order valence-corrected chi connectivity index (χ3v) is 6.86. The van der Waals surface area contributed by atoms with E-state index < -0.39 is 6.16 Å². The lowest BCUT2D eigenvalue weighted by Crippen LogP contribution is -2.42. The molecule has 2 atom stereocenters. The molecular weight excluding hydrogens is 466 g/mol. The smallest absolute Gasteiger partial charge is 0.465 e. The van der Waals surface area contributed by atoms with Gasteiger partial charge in [0.25, 0.3) is 0 Å². The summed E-state index contributed by atoms with van der Waals surface area (Å²) >= 11 is 0. The molecule has 2 unspecified atom stereocenters. The van der Waals surface area contributed by atoms with Crippen LogP contribution < -0.4 is 0 Å². The van der Waals surface area contributed by atoms with Crippen LogP contribution >= 0.6 is 0 Å². The van der Waals surface area contributed by atoms with Crippen molar-refractivity contribution in [1.82, 2.24) is 4.90 Å². The van der Waals surface area contributed by atoms with Gasteiger partial charge < -0.3 is 19.1 Å². The van der Waals surface area contributed by atoms with Crippen LogP contribution in [0.25, 0.3) is 0 Å². The molecule has 0 amide bonds. The molecule has 0 aromatic heterocycles. The van der Waals surface area contributed by atoms with E-state index in [2.05, 4.69) is 50.1 Å². The van der Waals surface area contributed by atoms with E-state index in [0.717, 1.165) is 58.0 Å². The molecule has 6 heteroatoms.